The van der Waals surface area contributed by atoms with Crippen LogP contribution in [-0.4, -0.2) is 57.3 Å². The van der Waals surface area contributed by atoms with Crippen molar-refractivity contribution >= 4 is 0 Å². The second-order valence-corrected chi connectivity index (χ2v) is 6.86. The molecular formula is C19H28N4O2. The summed E-state index contributed by atoms with van der Waals surface area (Å²) >= 11 is 0. The van der Waals surface area contributed by atoms with Crippen LogP contribution in [0.2, 0.25) is 0 Å². The second-order valence-electron chi connectivity index (χ2n) is 6.86. The molecule has 1 aromatic carbocycles. The van der Waals surface area contributed by atoms with E-state index in [2.05, 4.69) is 33.8 Å². The first kappa shape index (κ1) is 18.0. The molecule has 3 rings (SSSR count). The van der Waals surface area contributed by atoms with Gasteiger partial charge in [-0.15, -0.1) is 0 Å². The van der Waals surface area contributed by atoms with E-state index in [0.29, 0.717) is 12.6 Å². The fraction of sp³-hybridized carbons (Fsp3) is 0.579. The molecule has 0 bridgehead atoms. The Hall–Kier alpha value is -1.76. The van der Waals surface area contributed by atoms with E-state index >= 15 is 0 Å². The quantitative estimate of drug-likeness (QED) is 0.831. The van der Waals surface area contributed by atoms with Gasteiger partial charge >= 0.3 is 0 Å². The van der Waals surface area contributed by atoms with Gasteiger partial charge in [0.2, 0.25) is 5.89 Å². The van der Waals surface area contributed by atoms with Gasteiger partial charge in [-0.1, -0.05) is 42.4 Å². The Kier molecular flexibility index (Phi) is 6.18. The lowest BCUT2D eigenvalue weighted by Crippen LogP contribution is -2.52. The van der Waals surface area contributed by atoms with Crippen LogP contribution in [0.25, 0.3) is 0 Å². The van der Waals surface area contributed by atoms with Gasteiger partial charge in [-0.2, -0.15) is 4.98 Å². The topological polar surface area (TPSA) is 65.6 Å². The third-order valence-electron chi connectivity index (χ3n) is 4.78. The van der Waals surface area contributed by atoms with Crippen molar-refractivity contribution in [3.63, 3.8) is 0 Å². The maximum absolute atomic E-state index is 10.5. The van der Waals surface area contributed by atoms with Crippen molar-refractivity contribution in [3.05, 3.63) is 47.6 Å². The van der Waals surface area contributed by atoms with Crippen molar-refractivity contribution in [2.24, 2.45) is 0 Å². The summed E-state index contributed by atoms with van der Waals surface area (Å²) in [5.41, 5.74) is 0.979. The monoisotopic (exact) mass is 344 g/mol. The third-order valence-corrected chi connectivity index (χ3v) is 4.78. The highest BCUT2D eigenvalue weighted by Gasteiger charge is 2.26. The molecule has 1 aliphatic heterocycles. The van der Waals surface area contributed by atoms with E-state index in [0.717, 1.165) is 56.3 Å². The van der Waals surface area contributed by atoms with Crippen LogP contribution in [0.1, 0.15) is 43.7 Å². The Balaban J connectivity index is 1.50. The van der Waals surface area contributed by atoms with Gasteiger partial charge in [0.05, 0.1) is 12.6 Å². The van der Waals surface area contributed by atoms with Gasteiger partial charge in [0, 0.05) is 38.6 Å². The van der Waals surface area contributed by atoms with Crippen molar-refractivity contribution in [1.29, 1.82) is 0 Å². The maximum Gasteiger partial charge on any atom is 0.226 e. The molecule has 0 saturated carbocycles. The summed E-state index contributed by atoms with van der Waals surface area (Å²) in [6.07, 6.45) is 1.42. The Morgan fingerprint density at radius 1 is 1.28 bits per heavy atom. The number of nitrogens with zero attached hydrogens (tertiary/aromatic N) is 4. The first-order valence-electron chi connectivity index (χ1n) is 9.16. The average Bonchev–Trinajstić information content (AvgIpc) is 3.05. The number of aliphatic hydroxyl groups is 1. The van der Waals surface area contributed by atoms with Crippen molar-refractivity contribution in [1.82, 2.24) is 19.9 Å². The standard InChI is InChI=1S/C19H28N4O2/c1-3-7-19-20-18(21-25-19)14-22-10-11-23(15(2)12-22)13-17(24)16-8-5-4-6-9-16/h4-6,8-9,15,17,24H,3,7,10-14H2,1-2H3. The molecule has 2 aromatic rings. The van der Waals surface area contributed by atoms with Crippen molar-refractivity contribution in [2.45, 2.75) is 45.4 Å². The SMILES string of the molecule is CCCc1nc(CN2CCN(CC(O)c3ccccc3)C(C)C2)no1. The first-order chi connectivity index (χ1) is 12.2. The van der Waals surface area contributed by atoms with E-state index < -0.39 is 6.10 Å². The fourth-order valence-electron chi connectivity index (χ4n) is 3.36. The summed E-state index contributed by atoms with van der Waals surface area (Å²) in [7, 11) is 0. The van der Waals surface area contributed by atoms with E-state index in [1.165, 1.54) is 0 Å². The van der Waals surface area contributed by atoms with Gasteiger partial charge in [-0.05, 0) is 18.9 Å². The molecule has 25 heavy (non-hydrogen) atoms. The molecule has 1 fully saturated rings. The van der Waals surface area contributed by atoms with Crippen LogP contribution in [0.4, 0.5) is 0 Å². The van der Waals surface area contributed by atoms with E-state index in [1.807, 2.05) is 30.3 Å². The molecule has 2 heterocycles. The normalized spacial score (nSPS) is 20.7. The van der Waals surface area contributed by atoms with Crippen molar-refractivity contribution < 1.29 is 9.63 Å². The second kappa shape index (κ2) is 8.56. The molecule has 6 heteroatoms. The van der Waals surface area contributed by atoms with Gasteiger partial charge < -0.3 is 9.63 Å². The molecular weight excluding hydrogens is 316 g/mol. The van der Waals surface area contributed by atoms with Crippen LogP contribution in [0.5, 0.6) is 0 Å². The minimum Gasteiger partial charge on any atom is -0.387 e. The predicted octanol–water partition coefficient (Wildman–Crippen LogP) is 2.26. The van der Waals surface area contributed by atoms with E-state index in [1.54, 1.807) is 0 Å². The number of aromatic nitrogens is 2. The van der Waals surface area contributed by atoms with Gasteiger partial charge in [0.1, 0.15) is 0 Å². The third kappa shape index (κ3) is 4.87. The summed E-state index contributed by atoms with van der Waals surface area (Å²) in [5, 5.41) is 14.5. The predicted molar refractivity (Wildman–Crippen MR) is 96.0 cm³/mol. The average molecular weight is 344 g/mol. The van der Waals surface area contributed by atoms with Gasteiger partial charge in [-0.3, -0.25) is 9.80 Å². The molecule has 1 N–H and O–H groups in total. The molecule has 1 aliphatic rings. The van der Waals surface area contributed by atoms with Crippen LogP contribution in [0.15, 0.2) is 34.9 Å². The fourth-order valence-corrected chi connectivity index (χ4v) is 3.36. The number of piperazine rings is 1. The number of hydrogen-bond donors (Lipinski definition) is 1. The molecule has 136 valence electrons. The van der Waals surface area contributed by atoms with Crippen molar-refractivity contribution in [2.75, 3.05) is 26.2 Å². The van der Waals surface area contributed by atoms with Crippen molar-refractivity contribution in [3.8, 4) is 0 Å². The minimum absolute atomic E-state index is 0.383. The highest BCUT2D eigenvalue weighted by Crippen LogP contribution is 2.18. The highest BCUT2D eigenvalue weighted by molar-refractivity contribution is 5.17. The maximum atomic E-state index is 10.5. The smallest absolute Gasteiger partial charge is 0.226 e. The van der Waals surface area contributed by atoms with Gasteiger partial charge in [-0.25, -0.2) is 0 Å². The van der Waals surface area contributed by atoms with Crippen LogP contribution in [0, 0.1) is 0 Å². The lowest BCUT2D eigenvalue weighted by molar-refractivity contribution is 0.0351. The molecule has 0 radical (unpaired) electrons. The molecule has 1 aromatic heterocycles. The molecule has 0 aliphatic carbocycles. The number of aliphatic hydroxyl groups excluding tert-OH is 1. The summed E-state index contributed by atoms with van der Waals surface area (Å²) in [5.74, 6) is 1.50. The van der Waals surface area contributed by atoms with E-state index in [4.69, 9.17) is 4.52 Å². The number of aryl methyl sites for hydroxylation is 1. The van der Waals surface area contributed by atoms with E-state index in [-0.39, 0.29) is 0 Å². The Bertz CT molecular complexity index is 646. The Morgan fingerprint density at radius 2 is 2.08 bits per heavy atom. The lowest BCUT2D eigenvalue weighted by atomic mass is 10.1. The zero-order valence-electron chi connectivity index (χ0n) is 15.1. The number of hydrogen-bond acceptors (Lipinski definition) is 6. The molecule has 1 saturated heterocycles. The molecule has 0 amide bonds. The zero-order chi connectivity index (χ0) is 17.6. The zero-order valence-corrected chi connectivity index (χ0v) is 15.1. The van der Waals surface area contributed by atoms with Crippen LogP contribution >= 0.6 is 0 Å². The van der Waals surface area contributed by atoms with Gasteiger partial charge in [0.15, 0.2) is 5.82 Å². The first-order valence-corrected chi connectivity index (χ1v) is 9.16. The largest absolute Gasteiger partial charge is 0.387 e. The van der Waals surface area contributed by atoms with Crippen LogP contribution in [-0.2, 0) is 13.0 Å². The summed E-state index contributed by atoms with van der Waals surface area (Å²) < 4.78 is 5.26. The van der Waals surface area contributed by atoms with Crippen LogP contribution < -0.4 is 0 Å². The lowest BCUT2D eigenvalue weighted by Gasteiger charge is -2.40. The molecule has 0 spiro atoms. The summed E-state index contributed by atoms with van der Waals surface area (Å²) in [6.45, 7) is 8.54. The van der Waals surface area contributed by atoms with E-state index in [9.17, 15) is 5.11 Å². The summed E-state index contributed by atoms with van der Waals surface area (Å²) in [6, 6.07) is 10.3. The Labute approximate surface area is 149 Å². The minimum atomic E-state index is -0.441. The van der Waals surface area contributed by atoms with Gasteiger partial charge in [0.25, 0.3) is 0 Å². The molecule has 2 atom stereocenters. The van der Waals surface area contributed by atoms with Crippen LogP contribution in [0.3, 0.4) is 0 Å². The molecule has 6 nitrogen and oxygen atoms in total. The number of β-amino-alcohol motifs (C(OH)–C–C–N with tert-alkyl or cyclic N) is 1. The number of benzene rings is 1. The molecule has 2 unspecified atom stereocenters. The number of rotatable bonds is 7. The highest BCUT2D eigenvalue weighted by atomic mass is 16.5. The Morgan fingerprint density at radius 3 is 2.80 bits per heavy atom. The summed E-state index contributed by atoms with van der Waals surface area (Å²) in [4.78, 5) is 9.17.